The topological polar surface area (TPSA) is 120 Å². The van der Waals surface area contributed by atoms with Crippen molar-refractivity contribution in [2.45, 2.75) is 89.2 Å². The van der Waals surface area contributed by atoms with Crippen LogP contribution in [-0.2, 0) is 15.9 Å². The molecule has 1 N–H and O–H groups in total. The van der Waals surface area contributed by atoms with Gasteiger partial charge in [0.05, 0.1) is 17.6 Å². The van der Waals surface area contributed by atoms with Crippen LogP contribution in [0.5, 0.6) is 5.75 Å². The van der Waals surface area contributed by atoms with E-state index in [2.05, 4.69) is 26.2 Å². The molecule has 2 fully saturated rings. The maximum absolute atomic E-state index is 13.0. The minimum atomic E-state index is -0.597. The standard InChI is InChI=1S/C35H42N8O4/c1-34(2,3)47-33(44)39-30-23-10-4-5-13-26(23)46-35(30)15-19-41(20-16-35)27-22-37-29-31(38-27)43(28-14-6-7-21-45-28)40-32(29)42-18-9-11-24-25(42)12-8-17-36-24/h4-5,8,10,12-13,17,22,28,30H,6-7,9,11,14-16,18-21H2,1-3H3,(H,39,44)/t28?,30-/m1/s1. The summed E-state index contributed by atoms with van der Waals surface area (Å²) in [4.78, 5) is 32.3. The van der Waals surface area contributed by atoms with Crippen molar-refractivity contribution in [1.82, 2.24) is 30.0 Å². The number of para-hydroxylation sites is 1. The van der Waals surface area contributed by atoms with E-state index in [0.717, 1.165) is 84.1 Å². The van der Waals surface area contributed by atoms with Crippen LogP contribution >= 0.6 is 0 Å². The molecule has 246 valence electrons. The maximum atomic E-state index is 13.0. The number of hydrogen-bond acceptors (Lipinski definition) is 10. The van der Waals surface area contributed by atoms with Crippen LogP contribution < -0.4 is 19.9 Å². The van der Waals surface area contributed by atoms with Gasteiger partial charge in [-0.1, -0.05) is 18.2 Å². The number of pyridine rings is 1. The summed E-state index contributed by atoms with van der Waals surface area (Å²) in [7, 11) is 0. The van der Waals surface area contributed by atoms with Crippen molar-refractivity contribution in [2.75, 3.05) is 36.0 Å². The Morgan fingerprint density at radius 2 is 1.89 bits per heavy atom. The third kappa shape index (κ3) is 5.52. The number of hydrogen-bond donors (Lipinski definition) is 1. The molecule has 12 heteroatoms. The molecule has 8 rings (SSSR count). The van der Waals surface area contributed by atoms with Crippen LogP contribution in [0.4, 0.5) is 22.1 Å². The number of amides is 1. The molecular formula is C35H42N8O4. The van der Waals surface area contributed by atoms with Gasteiger partial charge in [-0.25, -0.2) is 19.4 Å². The van der Waals surface area contributed by atoms with E-state index in [0.29, 0.717) is 32.5 Å². The molecule has 47 heavy (non-hydrogen) atoms. The number of fused-ring (bicyclic) bond motifs is 3. The number of carbonyl (C=O) groups excluding carboxylic acids is 1. The van der Waals surface area contributed by atoms with Crippen LogP contribution in [0.15, 0.2) is 48.8 Å². The predicted octanol–water partition coefficient (Wildman–Crippen LogP) is 6.00. The smallest absolute Gasteiger partial charge is 0.408 e. The van der Waals surface area contributed by atoms with Crippen LogP contribution in [0.1, 0.15) is 82.8 Å². The first-order valence-corrected chi connectivity index (χ1v) is 16.9. The lowest BCUT2D eigenvalue weighted by molar-refractivity contribution is -0.0368. The summed E-state index contributed by atoms with van der Waals surface area (Å²) < 4.78 is 20.5. The average molecular weight is 639 g/mol. The van der Waals surface area contributed by atoms with Crippen molar-refractivity contribution < 1.29 is 19.0 Å². The zero-order valence-corrected chi connectivity index (χ0v) is 27.3. The van der Waals surface area contributed by atoms with E-state index in [1.807, 2.05) is 68.2 Å². The van der Waals surface area contributed by atoms with Crippen LogP contribution in [0, 0.1) is 0 Å². The van der Waals surface area contributed by atoms with Gasteiger partial charge in [0, 0.05) is 50.8 Å². The van der Waals surface area contributed by atoms with Crippen molar-refractivity contribution in [2.24, 2.45) is 0 Å². The number of benzene rings is 1. The quantitative estimate of drug-likeness (QED) is 0.285. The van der Waals surface area contributed by atoms with Gasteiger partial charge >= 0.3 is 6.09 Å². The van der Waals surface area contributed by atoms with Crippen molar-refractivity contribution in [1.29, 1.82) is 0 Å². The summed E-state index contributed by atoms with van der Waals surface area (Å²) in [5, 5.41) is 8.29. The number of rotatable bonds is 4. The molecule has 0 aliphatic carbocycles. The summed E-state index contributed by atoms with van der Waals surface area (Å²) in [6, 6.07) is 11.7. The molecule has 0 radical (unpaired) electrons. The second-order valence-electron chi connectivity index (χ2n) is 14.0. The lowest BCUT2D eigenvalue weighted by Crippen LogP contribution is -2.54. The van der Waals surface area contributed by atoms with E-state index in [1.54, 1.807) is 0 Å². The molecule has 0 bridgehead atoms. The zero-order chi connectivity index (χ0) is 32.2. The molecule has 1 unspecified atom stereocenters. The number of piperidine rings is 1. The van der Waals surface area contributed by atoms with Gasteiger partial charge in [0.15, 0.2) is 23.2 Å². The Bertz CT molecular complexity index is 1790. The Labute approximate surface area is 274 Å². The maximum Gasteiger partial charge on any atom is 0.408 e. The van der Waals surface area contributed by atoms with Crippen molar-refractivity contribution in [3.63, 3.8) is 0 Å². The number of nitrogens with zero attached hydrogens (tertiary/aromatic N) is 7. The summed E-state index contributed by atoms with van der Waals surface area (Å²) in [6.07, 6.45) is 9.44. The fourth-order valence-electron chi connectivity index (χ4n) is 7.46. The minimum Gasteiger partial charge on any atom is -0.484 e. The first-order valence-electron chi connectivity index (χ1n) is 16.9. The molecule has 2 atom stereocenters. The zero-order valence-electron chi connectivity index (χ0n) is 27.3. The Hall–Kier alpha value is -4.45. The molecule has 7 heterocycles. The summed E-state index contributed by atoms with van der Waals surface area (Å²) in [5.41, 5.74) is 3.45. The second-order valence-corrected chi connectivity index (χ2v) is 14.0. The molecule has 3 aromatic heterocycles. The molecule has 12 nitrogen and oxygen atoms in total. The number of aromatic nitrogens is 5. The first kappa shape index (κ1) is 29.9. The van der Waals surface area contributed by atoms with E-state index < -0.39 is 17.3 Å². The monoisotopic (exact) mass is 638 g/mol. The average Bonchev–Trinajstić information content (AvgIpc) is 3.59. The lowest BCUT2D eigenvalue weighted by Gasteiger charge is -2.42. The highest BCUT2D eigenvalue weighted by atomic mass is 16.6. The Morgan fingerprint density at radius 3 is 2.70 bits per heavy atom. The van der Waals surface area contributed by atoms with Crippen LogP contribution in [-0.4, -0.2) is 68.3 Å². The number of anilines is 3. The number of ether oxygens (including phenoxy) is 3. The van der Waals surface area contributed by atoms with E-state index >= 15 is 0 Å². The third-order valence-electron chi connectivity index (χ3n) is 9.67. The van der Waals surface area contributed by atoms with Gasteiger partial charge in [-0.2, -0.15) is 0 Å². The van der Waals surface area contributed by atoms with Crippen LogP contribution in [0.2, 0.25) is 0 Å². The predicted molar refractivity (Wildman–Crippen MR) is 177 cm³/mol. The second kappa shape index (κ2) is 11.7. The molecule has 1 amide bonds. The first-order chi connectivity index (χ1) is 22.8. The van der Waals surface area contributed by atoms with Gasteiger partial charge in [0.1, 0.15) is 28.8 Å². The molecule has 1 spiro atoms. The highest BCUT2D eigenvalue weighted by Gasteiger charge is 2.51. The normalized spacial score (nSPS) is 22.1. The highest BCUT2D eigenvalue weighted by Crippen LogP contribution is 2.49. The van der Waals surface area contributed by atoms with Gasteiger partial charge < -0.3 is 29.3 Å². The highest BCUT2D eigenvalue weighted by molar-refractivity contribution is 5.88. The van der Waals surface area contributed by atoms with Crippen molar-refractivity contribution in [3.05, 3.63) is 60.0 Å². The number of aryl methyl sites for hydroxylation is 1. The van der Waals surface area contributed by atoms with Crippen LogP contribution in [0.25, 0.3) is 11.2 Å². The number of carbonyl (C=O) groups is 1. The van der Waals surface area contributed by atoms with Crippen molar-refractivity contribution >= 4 is 34.6 Å². The van der Waals surface area contributed by atoms with Gasteiger partial charge in [-0.05, 0) is 71.1 Å². The van der Waals surface area contributed by atoms with E-state index in [4.69, 9.17) is 29.3 Å². The largest absolute Gasteiger partial charge is 0.484 e. The minimum absolute atomic E-state index is 0.183. The Morgan fingerprint density at radius 1 is 1.04 bits per heavy atom. The SMILES string of the molecule is CC(C)(C)OC(=O)N[C@@H]1c2ccccc2OC12CCN(c1cnc3c(N4CCCc5ncccc54)nn(C4CCCCO4)c3n1)CC2. The molecule has 4 aliphatic heterocycles. The molecule has 2 saturated heterocycles. The van der Waals surface area contributed by atoms with Gasteiger partial charge in [-0.15, -0.1) is 5.10 Å². The Balaban J connectivity index is 1.09. The van der Waals surface area contributed by atoms with Gasteiger partial charge in [0.25, 0.3) is 0 Å². The van der Waals surface area contributed by atoms with Gasteiger partial charge in [-0.3, -0.25) is 4.98 Å². The number of nitrogens with one attached hydrogen (secondary N) is 1. The fourth-order valence-corrected chi connectivity index (χ4v) is 7.46. The Kier molecular flexibility index (Phi) is 7.42. The molecule has 4 aromatic rings. The lowest BCUT2D eigenvalue weighted by atomic mass is 9.82. The molecule has 4 aliphatic rings. The number of alkyl carbamates (subject to hydrolysis) is 1. The van der Waals surface area contributed by atoms with E-state index in [-0.39, 0.29) is 12.3 Å². The van der Waals surface area contributed by atoms with E-state index in [9.17, 15) is 4.79 Å². The van der Waals surface area contributed by atoms with Crippen LogP contribution in [0.3, 0.4) is 0 Å². The fraction of sp³-hybridized carbons (Fsp3) is 0.514. The molecule has 0 saturated carbocycles. The summed E-state index contributed by atoms with van der Waals surface area (Å²) in [6.45, 7) is 8.54. The summed E-state index contributed by atoms with van der Waals surface area (Å²) >= 11 is 0. The van der Waals surface area contributed by atoms with Gasteiger partial charge in [0.2, 0.25) is 0 Å². The van der Waals surface area contributed by atoms with Crippen molar-refractivity contribution in [3.8, 4) is 5.75 Å². The molecule has 1 aromatic carbocycles. The van der Waals surface area contributed by atoms with E-state index in [1.165, 1.54) is 0 Å². The third-order valence-corrected chi connectivity index (χ3v) is 9.67. The summed E-state index contributed by atoms with van der Waals surface area (Å²) in [5.74, 6) is 2.40. The molecular weight excluding hydrogens is 596 g/mol.